The first-order valence-corrected chi connectivity index (χ1v) is 10.5. The molecule has 4 aromatic rings. The molecule has 2 heterocycles. The van der Waals surface area contributed by atoms with Crippen molar-refractivity contribution in [1.82, 2.24) is 19.7 Å². The molecular weight excluding hydrogens is 422 g/mol. The fourth-order valence-electron chi connectivity index (χ4n) is 3.90. The highest BCUT2D eigenvalue weighted by Gasteiger charge is 2.47. The molecule has 5 rings (SSSR count). The number of nitrogens with zero attached hydrogens (tertiary/aromatic N) is 3. The van der Waals surface area contributed by atoms with E-state index in [1.54, 1.807) is 0 Å². The highest BCUT2D eigenvalue weighted by atomic mass is 32.1. The van der Waals surface area contributed by atoms with Crippen molar-refractivity contribution in [3.63, 3.8) is 0 Å². The highest BCUT2D eigenvalue weighted by molar-refractivity contribution is 7.71. The molecule has 8 heteroatoms. The lowest BCUT2D eigenvalue weighted by Gasteiger charge is -2.24. The molecule has 32 heavy (non-hydrogen) atoms. The molecule has 0 fully saturated rings. The van der Waals surface area contributed by atoms with E-state index in [9.17, 15) is 9.59 Å². The van der Waals surface area contributed by atoms with Crippen molar-refractivity contribution < 1.29 is 4.79 Å². The third-order valence-corrected chi connectivity index (χ3v) is 5.87. The molecule has 0 aliphatic carbocycles. The molecule has 0 unspecified atom stereocenters. The van der Waals surface area contributed by atoms with Gasteiger partial charge in [-0.25, -0.2) is 19.5 Å². The maximum absolute atomic E-state index is 13.4. The van der Waals surface area contributed by atoms with Gasteiger partial charge in [-0.1, -0.05) is 78.4 Å². The van der Waals surface area contributed by atoms with Gasteiger partial charge in [-0.2, -0.15) is 4.68 Å². The Bertz CT molecular complexity index is 1410. The van der Waals surface area contributed by atoms with Crippen LogP contribution in [0.15, 0.2) is 94.7 Å². The molecule has 158 valence electrons. The normalized spacial score (nSPS) is 14.8. The average Bonchev–Trinajstić information content (AvgIpc) is 3.32. The fourth-order valence-corrected chi connectivity index (χ4v) is 4.22. The Labute approximate surface area is 188 Å². The van der Waals surface area contributed by atoms with Crippen LogP contribution in [0.4, 0.5) is 0 Å². The maximum atomic E-state index is 13.4. The number of aliphatic imine (C=N–C) groups is 1. The van der Waals surface area contributed by atoms with Gasteiger partial charge in [0.15, 0.2) is 5.54 Å². The molecule has 0 radical (unpaired) electrons. The van der Waals surface area contributed by atoms with E-state index in [4.69, 9.17) is 17.2 Å². The van der Waals surface area contributed by atoms with Gasteiger partial charge < -0.3 is 0 Å². The van der Waals surface area contributed by atoms with Crippen LogP contribution in [0.1, 0.15) is 16.7 Å². The summed E-state index contributed by atoms with van der Waals surface area (Å²) in [6, 6.07) is 26.1. The summed E-state index contributed by atoms with van der Waals surface area (Å²) in [7, 11) is 0. The topological polar surface area (TPSA) is 84.2 Å². The molecule has 1 aromatic heterocycles. The lowest BCUT2D eigenvalue weighted by molar-refractivity contribution is -0.122. The van der Waals surface area contributed by atoms with Crippen molar-refractivity contribution in [1.29, 1.82) is 0 Å². The number of amides is 1. The molecule has 2 N–H and O–H groups in total. The summed E-state index contributed by atoms with van der Waals surface area (Å²) < 4.78 is 2.88. The van der Waals surface area contributed by atoms with Crippen LogP contribution in [0.5, 0.6) is 0 Å². The average molecular weight is 442 g/mol. The van der Waals surface area contributed by atoms with E-state index in [0.29, 0.717) is 16.8 Å². The van der Waals surface area contributed by atoms with Crippen LogP contribution >= 0.6 is 12.2 Å². The minimum absolute atomic E-state index is 0.163. The van der Waals surface area contributed by atoms with Gasteiger partial charge in [0.25, 0.3) is 5.91 Å². The van der Waals surface area contributed by atoms with Crippen LogP contribution in [0.25, 0.3) is 5.69 Å². The monoisotopic (exact) mass is 441 g/mol. The van der Waals surface area contributed by atoms with E-state index in [0.717, 1.165) is 5.56 Å². The zero-order chi connectivity index (χ0) is 22.3. The van der Waals surface area contributed by atoms with Crippen LogP contribution in [0.2, 0.25) is 0 Å². The zero-order valence-electron chi connectivity index (χ0n) is 17.1. The van der Waals surface area contributed by atoms with Crippen LogP contribution in [0, 0.1) is 11.7 Å². The van der Waals surface area contributed by atoms with Crippen molar-refractivity contribution in [3.8, 4) is 5.69 Å². The number of H-pyrrole nitrogens is 1. The van der Waals surface area contributed by atoms with Gasteiger partial charge in [0, 0.05) is 0 Å². The Balaban J connectivity index is 1.70. The van der Waals surface area contributed by atoms with Gasteiger partial charge in [-0.15, -0.1) is 0 Å². The first kappa shape index (κ1) is 19.9. The first-order chi connectivity index (χ1) is 15.5. The molecular formula is C24H19N5O2S. The van der Waals surface area contributed by atoms with Gasteiger partial charge in [0.1, 0.15) is 0 Å². The van der Waals surface area contributed by atoms with Gasteiger partial charge >= 0.3 is 5.69 Å². The molecule has 1 aliphatic rings. The summed E-state index contributed by atoms with van der Waals surface area (Å²) in [5, 5.41) is 5.53. The van der Waals surface area contributed by atoms with E-state index in [1.165, 1.54) is 9.25 Å². The molecule has 0 saturated carbocycles. The lowest BCUT2D eigenvalue weighted by atomic mass is 9.83. The number of hydrogen-bond donors (Lipinski definition) is 2. The van der Waals surface area contributed by atoms with E-state index in [1.807, 2.05) is 91.9 Å². The van der Waals surface area contributed by atoms with Crippen molar-refractivity contribution in [3.05, 3.63) is 117 Å². The molecule has 3 aromatic carbocycles. The second kappa shape index (κ2) is 7.58. The van der Waals surface area contributed by atoms with Gasteiger partial charge in [0.05, 0.1) is 5.69 Å². The fraction of sp³-hybridized carbons (Fsp3) is 0.0833. The highest BCUT2D eigenvalue weighted by Crippen LogP contribution is 2.37. The minimum Gasteiger partial charge on any atom is -0.292 e. The van der Waals surface area contributed by atoms with Crippen molar-refractivity contribution >= 4 is 24.1 Å². The number of hydrogen-bond acceptors (Lipinski definition) is 4. The summed E-state index contributed by atoms with van der Waals surface area (Å²) in [5.41, 5.74) is 1.40. The smallest absolute Gasteiger partial charge is 0.292 e. The van der Waals surface area contributed by atoms with Gasteiger partial charge in [-0.3, -0.25) is 10.1 Å². The second-order valence-electron chi connectivity index (χ2n) is 7.54. The number of aryl methyl sites for hydroxylation is 1. The van der Waals surface area contributed by atoms with E-state index < -0.39 is 11.2 Å². The van der Waals surface area contributed by atoms with Crippen LogP contribution in [-0.4, -0.2) is 26.2 Å². The lowest BCUT2D eigenvalue weighted by Crippen LogP contribution is -2.39. The predicted octanol–water partition coefficient (Wildman–Crippen LogP) is 3.28. The third kappa shape index (κ3) is 3.04. The Morgan fingerprint density at radius 3 is 1.97 bits per heavy atom. The summed E-state index contributed by atoms with van der Waals surface area (Å²) in [6.45, 7) is 1.97. The molecule has 0 spiro atoms. The molecule has 1 aliphatic heterocycles. The molecule has 0 saturated heterocycles. The number of rotatable bonds is 3. The Kier molecular flexibility index (Phi) is 4.71. The van der Waals surface area contributed by atoms with Crippen LogP contribution in [-0.2, 0) is 10.3 Å². The standard InChI is InChI=1S/C24H19N5O2S/c1-16-12-14-19(15-13-16)28-22(31)27-29(23(28)32)21-25-20(30)24(26-21,17-8-4-2-5-9-17)18-10-6-3-7-11-18/h2-15H,1H3,(H,27,31)(H,25,26,30). The van der Waals surface area contributed by atoms with E-state index in [2.05, 4.69) is 10.4 Å². The second-order valence-corrected chi connectivity index (χ2v) is 7.90. The first-order valence-electron chi connectivity index (χ1n) is 10.0. The Morgan fingerprint density at radius 1 is 0.844 bits per heavy atom. The van der Waals surface area contributed by atoms with Crippen molar-refractivity contribution in [2.75, 3.05) is 0 Å². The quantitative estimate of drug-likeness (QED) is 0.479. The largest absolute Gasteiger partial charge is 0.347 e. The zero-order valence-corrected chi connectivity index (χ0v) is 18.0. The number of aromatic amines is 1. The molecule has 7 nitrogen and oxygen atoms in total. The number of benzene rings is 3. The predicted molar refractivity (Wildman–Crippen MR) is 125 cm³/mol. The molecule has 0 bridgehead atoms. The van der Waals surface area contributed by atoms with Crippen LogP contribution in [0.3, 0.4) is 0 Å². The number of nitrogens with one attached hydrogen (secondary N) is 2. The summed E-state index contributed by atoms with van der Waals surface area (Å²) in [6.07, 6.45) is 0. The van der Waals surface area contributed by atoms with E-state index >= 15 is 0 Å². The maximum Gasteiger partial charge on any atom is 0.347 e. The Morgan fingerprint density at radius 2 is 1.41 bits per heavy atom. The molecule has 0 atom stereocenters. The van der Waals surface area contributed by atoms with Crippen LogP contribution < -0.4 is 11.0 Å². The minimum atomic E-state index is -1.30. The van der Waals surface area contributed by atoms with Crippen molar-refractivity contribution in [2.45, 2.75) is 12.5 Å². The van der Waals surface area contributed by atoms with Gasteiger partial charge in [-0.05, 0) is 42.4 Å². The van der Waals surface area contributed by atoms with Crippen molar-refractivity contribution in [2.24, 2.45) is 4.99 Å². The SMILES string of the molecule is Cc1ccc(-n2c(=O)[nH]n(C3=NC(c4ccccc4)(c4ccccc4)C(=O)N3)c2=S)cc1. The third-order valence-electron chi connectivity index (χ3n) is 5.51. The summed E-state index contributed by atoms with van der Waals surface area (Å²) in [4.78, 5) is 31.0. The molecule has 1 amide bonds. The summed E-state index contributed by atoms with van der Waals surface area (Å²) >= 11 is 5.57. The van der Waals surface area contributed by atoms with E-state index in [-0.39, 0.29) is 16.6 Å². The summed E-state index contributed by atoms with van der Waals surface area (Å²) in [5.74, 6) is -0.161. The van der Waals surface area contributed by atoms with Gasteiger partial charge in [0.2, 0.25) is 10.7 Å². The Hall–Kier alpha value is -4.04. The number of carbonyl (C=O) groups is 1. The number of carbonyl (C=O) groups excluding carboxylic acids is 1. The number of aromatic nitrogens is 3.